The standard InChI is InChI=1S/C7H17BNO2/c1-5-9(3,4)8-10-6-7(2)11-8/h7H,5-6H2,1-4H3/q+1. The summed E-state index contributed by atoms with van der Waals surface area (Å²) >= 11 is 0. The summed E-state index contributed by atoms with van der Waals surface area (Å²) in [4.78, 5) is 0. The van der Waals surface area contributed by atoms with Gasteiger partial charge in [0.1, 0.15) is 0 Å². The van der Waals surface area contributed by atoms with Gasteiger partial charge in [-0.2, -0.15) is 0 Å². The summed E-state index contributed by atoms with van der Waals surface area (Å²) in [5.74, 6) is 0. The van der Waals surface area contributed by atoms with Gasteiger partial charge in [0, 0.05) is 0 Å². The molecule has 0 spiro atoms. The van der Waals surface area contributed by atoms with E-state index in [0.29, 0.717) is 0 Å². The fourth-order valence-corrected chi connectivity index (χ4v) is 1.01. The molecular formula is C7H17BNO2+. The van der Waals surface area contributed by atoms with Crippen molar-refractivity contribution in [1.29, 1.82) is 0 Å². The van der Waals surface area contributed by atoms with E-state index in [-0.39, 0.29) is 13.4 Å². The lowest BCUT2D eigenvalue weighted by atomic mass is 10.0. The van der Waals surface area contributed by atoms with E-state index < -0.39 is 0 Å². The van der Waals surface area contributed by atoms with Crippen LogP contribution in [-0.2, 0) is 9.31 Å². The minimum absolute atomic E-state index is 0.0602. The van der Waals surface area contributed by atoms with Crippen molar-refractivity contribution >= 4 is 7.25 Å². The second-order valence-corrected chi connectivity index (χ2v) is 3.68. The van der Waals surface area contributed by atoms with Gasteiger partial charge in [-0.1, -0.05) is 0 Å². The molecule has 0 aromatic carbocycles. The number of hydrogen-bond acceptors (Lipinski definition) is 2. The highest BCUT2D eigenvalue weighted by Gasteiger charge is 2.46. The molecule has 0 aliphatic carbocycles. The minimum Gasteiger partial charge on any atom is -0.352 e. The van der Waals surface area contributed by atoms with E-state index in [1.54, 1.807) is 0 Å². The van der Waals surface area contributed by atoms with Gasteiger partial charge in [-0.05, 0) is 13.8 Å². The molecule has 1 saturated heterocycles. The van der Waals surface area contributed by atoms with Crippen molar-refractivity contribution in [3.63, 3.8) is 0 Å². The maximum atomic E-state index is 5.57. The first-order chi connectivity index (χ1) is 5.06. The van der Waals surface area contributed by atoms with E-state index in [2.05, 4.69) is 21.0 Å². The van der Waals surface area contributed by atoms with Crippen LogP contribution in [0.1, 0.15) is 13.8 Å². The molecule has 1 unspecified atom stereocenters. The third-order valence-electron chi connectivity index (χ3n) is 2.21. The Kier molecular flexibility index (Phi) is 2.57. The average molecular weight is 158 g/mol. The van der Waals surface area contributed by atoms with E-state index in [1.807, 2.05) is 6.92 Å². The molecular weight excluding hydrogens is 141 g/mol. The quantitative estimate of drug-likeness (QED) is 0.545. The molecule has 1 atom stereocenters. The van der Waals surface area contributed by atoms with Crippen LogP contribution in [0.15, 0.2) is 0 Å². The molecule has 4 heteroatoms. The second-order valence-electron chi connectivity index (χ2n) is 3.68. The maximum absolute atomic E-state index is 5.57. The zero-order valence-electron chi connectivity index (χ0n) is 7.83. The van der Waals surface area contributed by atoms with Gasteiger partial charge in [-0.25, -0.2) is 0 Å². The van der Waals surface area contributed by atoms with Crippen LogP contribution in [-0.4, -0.2) is 45.0 Å². The Balaban J connectivity index is 2.48. The van der Waals surface area contributed by atoms with E-state index in [0.717, 1.165) is 17.5 Å². The monoisotopic (exact) mass is 158 g/mol. The second kappa shape index (κ2) is 3.13. The number of nitrogens with zero attached hydrogens (tertiary/aromatic N) is 1. The molecule has 0 bridgehead atoms. The summed E-state index contributed by atoms with van der Waals surface area (Å²) in [7, 11) is 4.17. The first kappa shape index (κ1) is 9.04. The van der Waals surface area contributed by atoms with Crippen LogP contribution in [0.5, 0.6) is 0 Å². The van der Waals surface area contributed by atoms with Crippen LogP contribution >= 0.6 is 0 Å². The predicted octanol–water partition coefficient (Wildman–Crippen LogP) is 0.503. The first-order valence-corrected chi connectivity index (χ1v) is 4.16. The van der Waals surface area contributed by atoms with E-state index in [4.69, 9.17) is 9.31 Å². The van der Waals surface area contributed by atoms with Crippen LogP contribution in [0, 0.1) is 0 Å². The number of hydrogen-bond donors (Lipinski definition) is 0. The van der Waals surface area contributed by atoms with Crippen molar-refractivity contribution in [1.82, 2.24) is 0 Å². The lowest BCUT2D eigenvalue weighted by Crippen LogP contribution is -2.53. The SMILES string of the molecule is CC[N+](C)(C)B1OCC(C)O1. The average Bonchev–Trinajstić information content (AvgIpc) is 2.36. The molecule has 0 radical (unpaired) electrons. The zero-order chi connectivity index (χ0) is 8.48. The van der Waals surface area contributed by atoms with Crippen molar-refractivity contribution in [2.45, 2.75) is 20.0 Å². The maximum Gasteiger partial charge on any atom is 0.759 e. The Morgan fingerprint density at radius 1 is 1.55 bits per heavy atom. The third kappa shape index (κ3) is 1.95. The Morgan fingerprint density at radius 2 is 2.18 bits per heavy atom. The molecule has 3 nitrogen and oxygen atoms in total. The number of rotatable bonds is 2. The molecule has 1 aliphatic rings. The van der Waals surface area contributed by atoms with Crippen molar-refractivity contribution in [2.75, 3.05) is 27.2 Å². The summed E-state index contributed by atoms with van der Waals surface area (Å²) in [6.45, 7) is 5.93. The molecule has 1 fully saturated rings. The lowest BCUT2D eigenvalue weighted by Gasteiger charge is -2.28. The zero-order valence-corrected chi connectivity index (χ0v) is 7.83. The smallest absolute Gasteiger partial charge is 0.352 e. The van der Waals surface area contributed by atoms with Gasteiger partial charge in [-0.3, -0.25) is 0 Å². The predicted molar refractivity (Wildman–Crippen MR) is 44.9 cm³/mol. The van der Waals surface area contributed by atoms with Crippen LogP contribution in [0.4, 0.5) is 0 Å². The molecule has 11 heavy (non-hydrogen) atoms. The number of quaternary nitrogens is 1. The van der Waals surface area contributed by atoms with Gasteiger partial charge in [0.05, 0.1) is 33.4 Å². The molecule has 0 N–H and O–H groups in total. The molecule has 1 aliphatic heterocycles. The summed E-state index contributed by atoms with van der Waals surface area (Å²) in [6.07, 6.45) is 0.254. The van der Waals surface area contributed by atoms with Gasteiger partial charge >= 0.3 is 7.25 Å². The first-order valence-electron chi connectivity index (χ1n) is 4.16. The van der Waals surface area contributed by atoms with Gasteiger partial charge < -0.3 is 13.7 Å². The fourth-order valence-electron chi connectivity index (χ4n) is 1.01. The van der Waals surface area contributed by atoms with Gasteiger partial charge in [0.15, 0.2) is 0 Å². The molecule has 0 saturated carbocycles. The van der Waals surface area contributed by atoms with Crippen molar-refractivity contribution in [3.8, 4) is 0 Å². The fraction of sp³-hybridized carbons (Fsp3) is 1.00. The molecule has 0 aromatic heterocycles. The highest BCUT2D eigenvalue weighted by molar-refractivity contribution is 6.36. The molecule has 64 valence electrons. The van der Waals surface area contributed by atoms with E-state index in [1.165, 1.54) is 0 Å². The Labute approximate surface area is 69.0 Å². The minimum atomic E-state index is -0.0602. The summed E-state index contributed by atoms with van der Waals surface area (Å²) in [5.41, 5.74) is 0. The Hall–Kier alpha value is -0.0551. The molecule has 0 amide bonds. The summed E-state index contributed by atoms with van der Waals surface area (Å²) < 4.78 is 11.8. The van der Waals surface area contributed by atoms with E-state index >= 15 is 0 Å². The Morgan fingerprint density at radius 3 is 2.55 bits per heavy atom. The van der Waals surface area contributed by atoms with E-state index in [9.17, 15) is 0 Å². The van der Waals surface area contributed by atoms with Gasteiger partial charge in [0.2, 0.25) is 0 Å². The van der Waals surface area contributed by atoms with Crippen molar-refractivity contribution in [3.05, 3.63) is 0 Å². The lowest BCUT2D eigenvalue weighted by molar-refractivity contribution is -0.797. The normalized spacial score (nSPS) is 26.2. The largest absolute Gasteiger partial charge is 0.759 e. The van der Waals surface area contributed by atoms with Crippen LogP contribution in [0.3, 0.4) is 0 Å². The summed E-state index contributed by atoms with van der Waals surface area (Å²) in [6, 6.07) is 0. The molecule has 1 rings (SSSR count). The summed E-state index contributed by atoms with van der Waals surface area (Å²) in [5, 5.41) is 0. The van der Waals surface area contributed by atoms with Gasteiger partial charge in [0.25, 0.3) is 0 Å². The van der Waals surface area contributed by atoms with Crippen LogP contribution in [0.2, 0.25) is 0 Å². The topological polar surface area (TPSA) is 18.5 Å². The molecule has 0 aromatic rings. The van der Waals surface area contributed by atoms with Crippen molar-refractivity contribution in [2.24, 2.45) is 0 Å². The van der Waals surface area contributed by atoms with Crippen LogP contribution < -0.4 is 0 Å². The Bertz CT molecular complexity index is 140. The third-order valence-corrected chi connectivity index (χ3v) is 2.21. The van der Waals surface area contributed by atoms with Crippen molar-refractivity contribution < 1.29 is 13.7 Å². The van der Waals surface area contributed by atoms with Gasteiger partial charge in [-0.15, -0.1) is 0 Å². The highest BCUT2D eigenvalue weighted by atomic mass is 16.7. The van der Waals surface area contributed by atoms with Crippen LogP contribution in [0.25, 0.3) is 0 Å². The molecule has 1 heterocycles. The highest BCUT2D eigenvalue weighted by Crippen LogP contribution is 2.14.